The minimum absolute atomic E-state index is 0.177. The zero-order chi connectivity index (χ0) is 11.1. The first-order chi connectivity index (χ1) is 7.05. The fraction of sp³-hybridized carbons (Fsp3) is 0.545. The normalized spacial score (nSPS) is 24.1. The van der Waals surface area contributed by atoms with Crippen LogP contribution in [-0.4, -0.2) is 16.2 Å². The Hall–Kier alpha value is -0.870. The average Bonchev–Trinajstić information content (AvgIpc) is 2.67. The summed E-state index contributed by atoms with van der Waals surface area (Å²) in [7, 11) is 0. The van der Waals surface area contributed by atoms with Gasteiger partial charge in [-0.15, -0.1) is 11.3 Å². The number of hydrogen-bond acceptors (Lipinski definition) is 3. The van der Waals surface area contributed by atoms with Gasteiger partial charge in [0.1, 0.15) is 5.60 Å². The average molecular weight is 226 g/mol. The van der Waals surface area contributed by atoms with Gasteiger partial charge >= 0.3 is 5.97 Å². The number of thiophene rings is 1. The van der Waals surface area contributed by atoms with Crippen molar-refractivity contribution >= 4 is 17.3 Å². The molecule has 1 aromatic heterocycles. The van der Waals surface area contributed by atoms with Gasteiger partial charge in [-0.25, -0.2) is 0 Å². The highest BCUT2D eigenvalue weighted by atomic mass is 32.1. The predicted octanol–water partition coefficient (Wildman–Crippen LogP) is 1.92. The Balaban J connectivity index is 2.33. The second-order valence-corrected chi connectivity index (χ2v) is 5.16. The van der Waals surface area contributed by atoms with Gasteiger partial charge in [-0.2, -0.15) is 0 Å². The molecule has 0 saturated heterocycles. The van der Waals surface area contributed by atoms with Crippen LogP contribution in [0.2, 0.25) is 0 Å². The molecule has 1 heterocycles. The number of aryl methyl sites for hydroxylation is 2. The van der Waals surface area contributed by atoms with Gasteiger partial charge in [-0.1, -0.05) is 6.92 Å². The lowest BCUT2D eigenvalue weighted by Gasteiger charge is -2.19. The Morgan fingerprint density at radius 2 is 2.40 bits per heavy atom. The molecule has 1 aliphatic rings. The lowest BCUT2D eigenvalue weighted by molar-refractivity contribution is -0.142. The van der Waals surface area contributed by atoms with Gasteiger partial charge in [0.2, 0.25) is 0 Å². The summed E-state index contributed by atoms with van der Waals surface area (Å²) in [5.74, 6) is -0.934. The highest BCUT2D eigenvalue weighted by Crippen LogP contribution is 2.44. The van der Waals surface area contributed by atoms with E-state index in [2.05, 4.69) is 13.0 Å². The molecule has 1 aromatic rings. The highest BCUT2D eigenvalue weighted by molar-refractivity contribution is 7.12. The number of carbonyl (C=O) groups is 1. The van der Waals surface area contributed by atoms with E-state index in [-0.39, 0.29) is 6.42 Å². The number of carboxylic acid groups (broad SMARTS) is 1. The first-order valence-electron chi connectivity index (χ1n) is 5.11. The number of carboxylic acids is 1. The van der Waals surface area contributed by atoms with Crippen LogP contribution in [0.5, 0.6) is 0 Å². The number of aliphatic hydroxyl groups is 1. The molecule has 15 heavy (non-hydrogen) atoms. The van der Waals surface area contributed by atoms with Crippen molar-refractivity contribution in [3.63, 3.8) is 0 Å². The molecule has 0 amide bonds. The smallest absolute Gasteiger partial charge is 0.306 e. The van der Waals surface area contributed by atoms with Gasteiger partial charge in [-0.3, -0.25) is 4.79 Å². The van der Waals surface area contributed by atoms with Crippen LogP contribution >= 0.6 is 11.3 Å². The second-order valence-electron chi connectivity index (χ2n) is 4.02. The lowest BCUT2D eigenvalue weighted by Crippen LogP contribution is -2.25. The SMILES string of the molecule is CCc1cc2c(s1)C(O)(CC(=O)O)CC2. The maximum absolute atomic E-state index is 10.7. The Kier molecular flexibility index (Phi) is 2.56. The minimum atomic E-state index is -1.11. The van der Waals surface area contributed by atoms with Crippen LogP contribution in [0.25, 0.3) is 0 Å². The van der Waals surface area contributed by atoms with Crippen molar-refractivity contribution in [1.82, 2.24) is 0 Å². The number of hydrogen-bond donors (Lipinski definition) is 2. The molecule has 2 N–H and O–H groups in total. The summed E-state index contributed by atoms with van der Waals surface area (Å²) in [5, 5.41) is 19.0. The molecular formula is C11H14O3S. The molecule has 1 unspecified atom stereocenters. The summed E-state index contributed by atoms with van der Waals surface area (Å²) >= 11 is 1.56. The van der Waals surface area contributed by atoms with Crippen molar-refractivity contribution in [2.24, 2.45) is 0 Å². The van der Waals surface area contributed by atoms with Crippen molar-refractivity contribution < 1.29 is 15.0 Å². The van der Waals surface area contributed by atoms with Gasteiger partial charge < -0.3 is 10.2 Å². The molecule has 0 spiro atoms. The summed E-state index contributed by atoms with van der Waals surface area (Å²) < 4.78 is 0. The summed E-state index contributed by atoms with van der Waals surface area (Å²) in [6.45, 7) is 2.07. The predicted molar refractivity (Wildman–Crippen MR) is 58.2 cm³/mol. The summed E-state index contributed by atoms with van der Waals surface area (Å²) in [6, 6.07) is 2.10. The summed E-state index contributed by atoms with van der Waals surface area (Å²) in [6.07, 6.45) is 2.12. The van der Waals surface area contributed by atoms with Crippen LogP contribution in [0.1, 0.15) is 35.1 Å². The number of aliphatic carboxylic acids is 1. The standard InChI is InChI=1S/C11H14O3S/c1-2-8-5-7-3-4-11(14,6-9(12)13)10(7)15-8/h5,14H,2-4,6H2,1H3,(H,12,13). The number of fused-ring (bicyclic) bond motifs is 1. The van der Waals surface area contributed by atoms with E-state index in [4.69, 9.17) is 5.11 Å². The van der Waals surface area contributed by atoms with E-state index in [0.29, 0.717) is 6.42 Å². The van der Waals surface area contributed by atoms with Gasteiger partial charge in [0.25, 0.3) is 0 Å². The molecule has 0 saturated carbocycles. The maximum atomic E-state index is 10.7. The molecule has 0 radical (unpaired) electrons. The van der Waals surface area contributed by atoms with E-state index in [9.17, 15) is 9.90 Å². The van der Waals surface area contributed by atoms with Gasteiger partial charge in [-0.05, 0) is 30.9 Å². The van der Waals surface area contributed by atoms with E-state index in [1.165, 1.54) is 4.88 Å². The first-order valence-corrected chi connectivity index (χ1v) is 5.93. The van der Waals surface area contributed by atoms with Crippen molar-refractivity contribution in [2.45, 2.75) is 38.2 Å². The van der Waals surface area contributed by atoms with Gasteiger partial charge in [0, 0.05) is 9.75 Å². The van der Waals surface area contributed by atoms with Crippen LogP contribution in [0.15, 0.2) is 6.07 Å². The van der Waals surface area contributed by atoms with Crippen molar-refractivity contribution in [2.75, 3.05) is 0 Å². The van der Waals surface area contributed by atoms with Crippen LogP contribution in [0.4, 0.5) is 0 Å². The van der Waals surface area contributed by atoms with Crippen LogP contribution in [0, 0.1) is 0 Å². The van der Waals surface area contributed by atoms with E-state index >= 15 is 0 Å². The summed E-state index contributed by atoms with van der Waals surface area (Å²) in [5.41, 5.74) is 0.0276. The minimum Gasteiger partial charge on any atom is -0.481 e. The molecule has 0 fully saturated rings. The fourth-order valence-electron chi connectivity index (χ4n) is 2.11. The van der Waals surface area contributed by atoms with E-state index < -0.39 is 11.6 Å². The third-order valence-corrected chi connectivity index (χ3v) is 4.40. The summed E-state index contributed by atoms with van der Waals surface area (Å²) in [4.78, 5) is 12.8. The molecule has 82 valence electrons. The van der Waals surface area contributed by atoms with Crippen molar-refractivity contribution in [3.8, 4) is 0 Å². The molecule has 0 aliphatic heterocycles. The fourth-order valence-corrected chi connectivity index (χ4v) is 3.38. The molecule has 1 aliphatic carbocycles. The Morgan fingerprint density at radius 1 is 1.67 bits per heavy atom. The van der Waals surface area contributed by atoms with Crippen LogP contribution in [0.3, 0.4) is 0 Å². The third kappa shape index (κ3) is 1.79. The lowest BCUT2D eigenvalue weighted by atomic mass is 9.99. The molecular weight excluding hydrogens is 212 g/mol. The van der Waals surface area contributed by atoms with E-state index in [1.54, 1.807) is 11.3 Å². The van der Waals surface area contributed by atoms with E-state index in [1.807, 2.05) is 0 Å². The molecule has 0 aromatic carbocycles. The van der Waals surface area contributed by atoms with Crippen LogP contribution in [-0.2, 0) is 23.2 Å². The first kappa shape index (κ1) is 10.6. The quantitative estimate of drug-likeness (QED) is 0.827. The van der Waals surface area contributed by atoms with Crippen molar-refractivity contribution in [1.29, 1.82) is 0 Å². The van der Waals surface area contributed by atoms with Gasteiger partial charge in [0.15, 0.2) is 0 Å². The zero-order valence-electron chi connectivity index (χ0n) is 8.62. The third-order valence-electron chi connectivity index (χ3n) is 2.88. The Labute approximate surface area is 92.4 Å². The zero-order valence-corrected chi connectivity index (χ0v) is 9.43. The van der Waals surface area contributed by atoms with E-state index in [0.717, 1.165) is 23.3 Å². The molecule has 0 bridgehead atoms. The maximum Gasteiger partial charge on any atom is 0.306 e. The highest BCUT2D eigenvalue weighted by Gasteiger charge is 2.40. The van der Waals surface area contributed by atoms with Gasteiger partial charge in [0.05, 0.1) is 6.42 Å². The number of rotatable bonds is 3. The molecule has 3 nitrogen and oxygen atoms in total. The monoisotopic (exact) mass is 226 g/mol. The van der Waals surface area contributed by atoms with Crippen LogP contribution < -0.4 is 0 Å². The Morgan fingerprint density at radius 3 is 3.00 bits per heavy atom. The molecule has 1 atom stereocenters. The molecule has 4 heteroatoms. The largest absolute Gasteiger partial charge is 0.481 e. The Bertz CT molecular complexity index is 397. The topological polar surface area (TPSA) is 57.5 Å². The second kappa shape index (κ2) is 3.61. The van der Waals surface area contributed by atoms with Crippen molar-refractivity contribution in [3.05, 3.63) is 21.4 Å². The molecule has 2 rings (SSSR count).